The van der Waals surface area contributed by atoms with Crippen molar-refractivity contribution in [3.8, 4) is 5.75 Å². The molecule has 0 radical (unpaired) electrons. The highest BCUT2D eigenvalue weighted by atomic mass is 32.1. The van der Waals surface area contributed by atoms with Gasteiger partial charge in [0.25, 0.3) is 0 Å². The molecule has 1 heterocycles. The van der Waals surface area contributed by atoms with Gasteiger partial charge in [-0.25, -0.2) is 4.98 Å². The lowest BCUT2D eigenvalue weighted by Crippen LogP contribution is -2.15. The van der Waals surface area contributed by atoms with E-state index in [4.69, 9.17) is 4.74 Å². The first kappa shape index (κ1) is 14.3. The molecule has 1 fully saturated rings. The fourth-order valence-electron chi connectivity index (χ4n) is 2.10. The third kappa shape index (κ3) is 4.16. The molecule has 0 unspecified atom stereocenters. The maximum Gasteiger partial charge on any atom is 0.131 e. The Balaban J connectivity index is 1.57. The fraction of sp³-hybridized carbons (Fsp3) is 0.353. The molecule has 3 nitrogen and oxygen atoms in total. The van der Waals surface area contributed by atoms with Crippen molar-refractivity contribution in [2.24, 2.45) is 0 Å². The second-order valence-corrected chi connectivity index (χ2v) is 6.16. The molecule has 1 aromatic carbocycles. The molecule has 0 bridgehead atoms. The highest BCUT2D eigenvalue weighted by Gasteiger charge is 2.20. The van der Waals surface area contributed by atoms with Crippen LogP contribution in [0, 0.1) is 0 Å². The predicted molar refractivity (Wildman–Crippen MR) is 87.5 cm³/mol. The van der Waals surface area contributed by atoms with E-state index in [0.29, 0.717) is 6.61 Å². The Labute approximate surface area is 129 Å². The summed E-state index contributed by atoms with van der Waals surface area (Å²) in [5, 5.41) is 6.71. The first-order valence-electron chi connectivity index (χ1n) is 7.36. The van der Waals surface area contributed by atoms with Crippen LogP contribution in [0.2, 0.25) is 0 Å². The molecule has 0 atom stereocenters. The van der Waals surface area contributed by atoms with E-state index in [0.717, 1.165) is 34.6 Å². The summed E-state index contributed by atoms with van der Waals surface area (Å²) in [6, 6.07) is 8.79. The monoisotopic (exact) mass is 300 g/mol. The summed E-state index contributed by atoms with van der Waals surface area (Å²) in [6.07, 6.45) is 6.69. The highest BCUT2D eigenvalue weighted by Crippen LogP contribution is 2.22. The van der Waals surface area contributed by atoms with Gasteiger partial charge in [0.05, 0.1) is 5.69 Å². The molecule has 0 aliphatic heterocycles. The Morgan fingerprint density at radius 3 is 3.05 bits per heavy atom. The third-order valence-corrected chi connectivity index (χ3v) is 4.26. The number of benzene rings is 1. The Morgan fingerprint density at radius 2 is 2.24 bits per heavy atom. The molecule has 0 amide bonds. The molecule has 110 valence electrons. The van der Waals surface area contributed by atoms with Crippen LogP contribution in [0.1, 0.15) is 36.0 Å². The van der Waals surface area contributed by atoms with Crippen molar-refractivity contribution in [1.82, 2.24) is 10.3 Å². The number of nitrogens with one attached hydrogen (secondary N) is 1. The fourth-order valence-corrected chi connectivity index (χ4v) is 2.83. The SMILES string of the molecule is CC=Cc1ccccc1OCc1csc(CNC2CC2)n1. The highest BCUT2D eigenvalue weighted by molar-refractivity contribution is 7.09. The topological polar surface area (TPSA) is 34.1 Å². The van der Waals surface area contributed by atoms with E-state index in [1.165, 1.54) is 12.8 Å². The summed E-state index contributed by atoms with van der Waals surface area (Å²) >= 11 is 1.70. The normalized spacial score (nSPS) is 14.7. The van der Waals surface area contributed by atoms with Gasteiger partial charge in [-0.3, -0.25) is 0 Å². The molecule has 1 saturated carbocycles. The van der Waals surface area contributed by atoms with E-state index >= 15 is 0 Å². The number of hydrogen-bond acceptors (Lipinski definition) is 4. The molecule has 1 N–H and O–H groups in total. The Bertz CT molecular complexity index is 617. The smallest absolute Gasteiger partial charge is 0.131 e. The van der Waals surface area contributed by atoms with Gasteiger partial charge in [0.1, 0.15) is 17.4 Å². The lowest BCUT2D eigenvalue weighted by molar-refractivity contribution is 0.301. The number of nitrogens with zero attached hydrogens (tertiary/aromatic N) is 1. The molecule has 0 saturated heterocycles. The maximum atomic E-state index is 5.90. The maximum absolute atomic E-state index is 5.90. The van der Waals surface area contributed by atoms with Gasteiger partial charge in [-0.2, -0.15) is 0 Å². The van der Waals surface area contributed by atoms with Gasteiger partial charge in [-0.1, -0.05) is 30.4 Å². The molecule has 1 aliphatic rings. The quantitative estimate of drug-likeness (QED) is 0.839. The average molecular weight is 300 g/mol. The Kier molecular flexibility index (Phi) is 4.68. The van der Waals surface area contributed by atoms with Crippen LogP contribution < -0.4 is 10.1 Å². The van der Waals surface area contributed by atoms with Crippen LogP contribution in [0.3, 0.4) is 0 Å². The standard InChI is InChI=1S/C17H20N2OS/c1-2-5-13-6-3-4-7-16(13)20-11-15-12-21-17(19-15)10-18-14-8-9-14/h2-7,12,14,18H,8-11H2,1H3. The summed E-state index contributed by atoms with van der Waals surface area (Å²) in [4.78, 5) is 4.61. The molecule has 21 heavy (non-hydrogen) atoms. The second-order valence-electron chi connectivity index (χ2n) is 5.21. The van der Waals surface area contributed by atoms with Crippen molar-refractivity contribution in [2.75, 3.05) is 0 Å². The lowest BCUT2D eigenvalue weighted by Gasteiger charge is -2.07. The first-order chi connectivity index (χ1) is 10.3. The summed E-state index contributed by atoms with van der Waals surface area (Å²) in [7, 11) is 0. The minimum absolute atomic E-state index is 0.522. The summed E-state index contributed by atoms with van der Waals surface area (Å²) in [6.45, 7) is 3.41. The van der Waals surface area contributed by atoms with Gasteiger partial charge in [0.15, 0.2) is 0 Å². The molecule has 2 aromatic rings. The van der Waals surface area contributed by atoms with Crippen LogP contribution in [0.5, 0.6) is 5.75 Å². The zero-order valence-corrected chi connectivity index (χ0v) is 13.0. The van der Waals surface area contributed by atoms with Crippen molar-refractivity contribution in [3.05, 3.63) is 52.0 Å². The lowest BCUT2D eigenvalue weighted by atomic mass is 10.2. The van der Waals surface area contributed by atoms with Crippen LogP contribution in [-0.2, 0) is 13.2 Å². The second kappa shape index (κ2) is 6.87. The van der Waals surface area contributed by atoms with Gasteiger partial charge in [0, 0.05) is 23.5 Å². The molecular weight excluding hydrogens is 280 g/mol. The van der Waals surface area contributed by atoms with Crippen LogP contribution in [0.15, 0.2) is 35.7 Å². The van der Waals surface area contributed by atoms with E-state index in [-0.39, 0.29) is 0 Å². The van der Waals surface area contributed by atoms with Crippen molar-refractivity contribution in [1.29, 1.82) is 0 Å². The minimum Gasteiger partial charge on any atom is -0.487 e. The van der Waals surface area contributed by atoms with E-state index in [9.17, 15) is 0 Å². The van der Waals surface area contributed by atoms with Gasteiger partial charge in [-0.05, 0) is 25.8 Å². The van der Waals surface area contributed by atoms with Crippen LogP contribution in [0.4, 0.5) is 0 Å². The van der Waals surface area contributed by atoms with Crippen molar-refractivity contribution in [3.63, 3.8) is 0 Å². The molecule has 1 aromatic heterocycles. The zero-order chi connectivity index (χ0) is 14.5. The first-order valence-corrected chi connectivity index (χ1v) is 8.24. The van der Waals surface area contributed by atoms with E-state index in [1.807, 2.05) is 31.2 Å². The Morgan fingerprint density at radius 1 is 1.38 bits per heavy atom. The predicted octanol–water partition coefficient (Wildman–Crippen LogP) is 4.01. The molecule has 1 aliphatic carbocycles. The molecule has 4 heteroatoms. The minimum atomic E-state index is 0.522. The third-order valence-electron chi connectivity index (χ3n) is 3.36. The Hall–Kier alpha value is -1.65. The number of thiazole rings is 1. The number of aromatic nitrogens is 1. The summed E-state index contributed by atoms with van der Waals surface area (Å²) in [5.74, 6) is 0.904. The molecule has 0 spiro atoms. The summed E-state index contributed by atoms with van der Waals surface area (Å²) < 4.78 is 5.90. The van der Waals surface area contributed by atoms with E-state index in [1.54, 1.807) is 11.3 Å². The van der Waals surface area contributed by atoms with Crippen LogP contribution in [0.25, 0.3) is 6.08 Å². The van der Waals surface area contributed by atoms with Gasteiger partial charge in [-0.15, -0.1) is 11.3 Å². The number of ether oxygens (including phenoxy) is 1. The largest absolute Gasteiger partial charge is 0.487 e. The number of rotatable bonds is 7. The van der Waals surface area contributed by atoms with Gasteiger partial charge >= 0.3 is 0 Å². The average Bonchev–Trinajstić information content (AvgIpc) is 3.23. The molecular formula is C17H20N2OS. The van der Waals surface area contributed by atoms with E-state index < -0.39 is 0 Å². The number of hydrogen-bond donors (Lipinski definition) is 1. The number of allylic oxidation sites excluding steroid dienone is 1. The van der Waals surface area contributed by atoms with Crippen LogP contribution in [-0.4, -0.2) is 11.0 Å². The van der Waals surface area contributed by atoms with Crippen molar-refractivity contribution in [2.45, 2.75) is 39.0 Å². The van der Waals surface area contributed by atoms with Gasteiger partial charge < -0.3 is 10.1 Å². The van der Waals surface area contributed by atoms with Crippen LogP contribution >= 0.6 is 11.3 Å². The summed E-state index contributed by atoms with van der Waals surface area (Å²) in [5.41, 5.74) is 2.11. The van der Waals surface area contributed by atoms with E-state index in [2.05, 4.69) is 27.8 Å². The van der Waals surface area contributed by atoms with Crippen molar-refractivity contribution < 1.29 is 4.74 Å². The zero-order valence-electron chi connectivity index (χ0n) is 12.2. The van der Waals surface area contributed by atoms with Crippen molar-refractivity contribution >= 4 is 17.4 Å². The van der Waals surface area contributed by atoms with Gasteiger partial charge in [0.2, 0.25) is 0 Å². The molecule has 3 rings (SSSR count). The number of para-hydroxylation sites is 1.